The van der Waals surface area contributed by atoms with Crippen LogP contribution in [0.2, 0.25) is 0 Å². The molecule has 0 aromatic heterocycles. The van der Waals surface area contributed by atoms with E-state index in [-0.39, 0.29) is 11.9 Å². The van der Waals surface area contributed by atoms with Gasteiger partial charge in [-0.05, 0) is 25.5 Å². The Balaban J connectivity index is 2.83. The van der Waals surface area contributed by atoms with E-state index >= 15 is 0 Å². The van der Waals surface area contributed by atoms with Crippen molar-refractivity contribution in [1.29, 1.82) is 0 Å². The fraction of sp³-hybridized carbons (Fsp3) is 0.455. The average Bonchev–Trinajstić information content (AvgIpc) is 2.21. The quantitative estimate of drug-likeness (QED) is 0.801. The van der Waals surface area contributed by atoms with Gasteiger partial charge in [0.25, 0.3) is 0 Å². The lowest BCUT2D eigenvalue weighted by Crippen LogP contribution is -2.14. The zero-order valence-corrected chi connectivity index (χ0v) is 8.80. The van der Waals surface area contributed by atoms with Gasteiger partial charge in [0.1, 0.15) is 11.6 Å². The summed E-state index contributed by atoms with van der Waals surface area (Å²) >= 11 is 0. The second-order valence-electron chi connectivity index (χ2n) is 3.30. The average molecular weight is 197 g/mol. The van der Waals surface area contributed by atoms with Crippen molar-refractivity contribution in [2.75, 3.05) is 12.4 Å². The van der Waals surface area contributed by atoms with Crippen molar-refractivity contribution in [3.8, 4) is 5.75 Å². The van der Waals surface area contributed by atoms with Gasteiger partial charge in [-0.25, -0.2) is 4.39 Å². The van der Waals surface area contributed by atoms with E-state index in [9.17, 15) is 4.39 Å². The molecule has 0 fully saturated rings. The summed E-state index contributed by atoms with van der Waals surface area (Å²) in [5.74, 6) is 0.420. The SMILES string of the molecule is CC[C@@H](C)Nc1cc(OC)ccc1F. The molecule has 78 valence electrons. The predicted octanol–water partition coefficient (Wildman–Crippen LogP) is 3.04. The highest BCUT2D eigenvalue weighted by molar-refractivity contribution is 5.50. The summed E-state index contributed by atoms with van der Waals surface area (Å²) in [6, 6.07) is 4.94. The largest absolute Gasteiger partial charge is 0.497 e. The van der Waals surface area contributed by atoms with Crippen molar-refractivity contribution in [2.24, 2.45) is 0 Å². The summed E-state index contributed by atoms with van der Waals surface area (Å²) in [4.78, 5) is 0. The van der Waals surface area contributed by atoms with E-state index in [4.69, 9.17) is 4.74 Å². The first-order valence-corrected chi connectivity index (χ1v) is 4.77. The fourth-order valence-electron chi connectivity index (χ4n) is 1.11. The first-order valence-electron chi connectivity index (χ1n) is 4.77. The third kappa shape index (κ3) is 2.62. The molecule has 0 amide bonds. The van der Waals surface area contributed by atoms with Gasteiger partial charge >= 0.3 is 0 Å². The minimum atomic E-state index is -0.244. The van der Waals surface area contributed by atoms with Crippen molar-refractivity contribution in [1.82, 2.24) is 0 Å². The zero-order valence-electron chi connectivity index (χ0n) is 8.80. The molecule has 0 aliphatic carbocycles. The summed E-state index contributed by atoms with van der Waals surface area (Å²) in [6.07, 6.45) is 0.955. The first kappa shape index (κ1) is 10.8. The van der Waals surface area contributed by atoms with E-state index in [1.165, 1.54) is 6.07 Å². The molecular formula is C11H16FNO. The molecule has 0 aliphatic rings. The molecule has 0 aliphatic heterocycles. The molecule has 1 atom stereocenters. The van der Waals surface area contributed by atoms with Gasteiger partial charge in [-0.1, -0.05) is 6.92 Å². The number of rotatable bonds is 4. The summed E-state index contributed by atoms with van der Waals surface area (Å²) in [6.45, 7) is 4.06. The number of methoxy groups -OCH3 is 1. The number of nitrogens with one attached hydrogen (secondary N) is 1. The van der Waals surface area contributed by atoms with Crippen LogP contribution in [0.1, 0.15) is 20.3 Å². The Kier molecular flexibility index (Phi) is 3.74. The summed E-state index contributed by atoms with van der Waals surface area (Å²) in [5, 5.41) is 3.08. The fourth-order valence-corrected chi connectivity index (χ4v) is 1.11. The Labute approximate surface area is 84.1 Å². The molecule has 3 heteroatoms. The van der Waals surface area contributed by atoms with Crippen LogP contribution < -0.4 is 10.1 Å². The molecule has 0 bridgehead atoms. The van der Waals surface area contributed by atoms with E-state index in [0.29, 0.717) is 11.4 Å². The van der Waals surface area contributed by atoms with Crippen molar-refractivity contribution < 1.29 is 9.13 Å². The number of hydrogen-bond donors (Lipinski definition) is 1. The molecule has 0 saturated heterocycles. The summed E-state index contributed by atoms with van der Waals surface area (Å²) in [7, 11) is 1.57. The minimum absolute atomic E-state index is 0.244. The lowest BCUT2D eigenvalue weighted by molar-refractivity contribution is 0.414. The molecule has 0 saturated carbocycles. The number of ether oxygens (including phenoxy) is 1. The molecule has 0 spiro atoms. The van der Waals surface area contributed by atoms with Crippen LogP contribution in [0, 0.1) is 5.82 Å². The van der Waals surface area contributed by atoms with Gasteiger partial charge in [0.05, 0.1) is 12.8 Å². The van der Waals surface area contributed by atoms with Gasteiger partial charge in [-0.2, -0.15) is 0 Å². The first-order chi connectivity index (χ1) is 6.67. The number of hydrogen-bond acceptors (Lipinski definition) is 2. The van der Waals surface area contributed by atoms with Crippen molar-refractivity contribution in [3.05, 3.63) is 24.0 Å². The van der Waals surface area contributed by atoms with Gasteiger partial charge in [0.15, 0.2) is 0 Å². The third-order valence-corrected chi connectivity index (χ3v) is 2.19. The Morgan fingerprint density at radius 1 is 1.50 bits per heavy atom. The van der Waals surface area contributed by atoms with Crippen LogP contribution in [0.3, 0.4) is 0 Å². The Hall–Kier alpha value is -1.25. The molecule has 1 rings (SSSR count). The Morgan fingerprint density at radius 3 is 2.79 bits per heavy atom. The molecule has 1 aromatic carbocycles. The molecule has 1 aromatic rings. The second kappa shape index (κ2) is 4.84. The van der Waals surface area contributed by atoms with Gasteiger partial charge in [0, 0.05) is 12.1 Å². The highest BCUT2D eigenvalue weighted by Gasteiger charge is 2.05. The lowest BCUT2D eigenvalue weighted by atomic mass is 10.2. The van der Waals surface area contributed by atoms with E-state index in [1.807, 2.05) is 6.92 Å². The van der Waals surface area contributed by atoms with E-state index < -0.39 is 0 Å². The van der Waals surface area contributed by atoms with Crippen LogP contribution in [-0.2, 0) is 0 Å². The molecular weight excluding hydrogens is 181 g/mol. The lowest BCUT2D eigenvalue weighted by Gasteiger charge is -2.14. The van der Waals surface area contributed by atoms with Crippen molar-refractivity contribution in [3.63, 3.8) is 0 Å². The Bertz CT molecular complexity index is 301. The zero-order chi connectivity index (χ0) is 10.6. The maximum atomic E-state index is 13.3. The minimum Gasteiger partial charge on any atom is -0.497 e. The molecule has 2 nitrogen and oxygen atoms in total. The third-order valence-electron chi connectivity index (χ3n) is 2.19. The van der Waals surface area contributed by atoms with Gasteiger partial charge in [-0.3, -0.25) is 0 Å². The van der Waals surface area contributed by atoms with E-state index in [0.717, 1.165) is 6.42 Å². The summed E-state index contributed by atoms with van der Waals surface area (Å²) < 4.78 is 18.3. The van der Waals surface area contributed by atoms with Crippen LogP contribution >= 0.6 is 0 Å². The maximum absolute atomic E-state index is 13.3. The number of benzene rings is 1. The van der Waals surface area contributed by atoms with Crippen molar-refractivity contribution >= 4 is 5.69 Å². The smallest absolute Gasteiger partial charge is 0.146 e. The van der Waals surface area contributed by atoms with Crippen LogP contribution in [0.25, 0.3) is 0 Å². The molecule has 0 radical (unpaired) electrons. The van der Waals surface area contributed by atoms with Gasteiger partial charge in [0.2, 0.25) is 0 Å². The van der Waals surface area contributed by atoms with Crippen molar-refractivity contribution in [2.45, 2.75) is 26.3 Å². The molecule has 1 N–H and O–H groups in total. The Morgan fingerprint density at radius 2 is 2.21 bits per heavy atom. The molecule has 0 unspecified atom stereocenters. The number of anilines is 1. The van der Waals surface area contributed by atoms with Crippen LogP contribution in [0.15, 0.2) is 18.2 Å². The number of halogens is 1. The highest BCUT2D eigenvalue weighted by atomic mass is 19.1. The predicted molar refractivity (Wildman–Crippen MR) is 56.3 cm³/mol. The van der Waals surface area contributed by atoms with Gasteiger partial charge < -0.3 is 10.1 Å². The standard InChI is InChI=1S/C11H16FNO/c1-4-8(2)13-11-7-9(14-3)5-6-10(11)12/h5-8,13H,4H2,1-3H3/t8-/m1/s1. The highest BCUT2D eigenvalue weighted by Crippen LogP contribution is 2.21. The van der Waals surface area contributed by atoms with E-state index in [1.54, 1.807) is 19.2 Å². The summed E-state index contributed by atoms with van der Waals surface area (Å²) in [5.41, 5.74) is 0.499. The van der Waals surface area contributed by atoms with Crippen LogP contribution in [0.4, 0.5) is 10.1 Å². The van der Waals surface area contributed by atoms with Crippen LogP contribution in [-0.4, -0.2) is 13.2 Å². The maximum Gasteiger partial charge on any atom is 0.146 e. The van der Waals surface area contributed by atoms with Crippen LogP contribution in [0.5, 0.6) is 5.75 Å². The second-order valence-corrected chi connectivity index (χ2v) is 3.30. The molecule has 0 heterocycles. The topological polar surface area (TPSA) is 21.3 Å². The van der Waals surface area contributed by atoms with Gasteiger partial charge in [-0.15, -0.1) is 0 Å². The monoisotopic (exact) mass is 197 g/mol. The molecule has 14 heavy (non-hydrogen) atoms. The normalized spacial score (nSPS) is 12.3. The van der Waals surface area contributed by atoms with E-state index in [2.05, 4.69) is 12.2 Å².